The summed E-state index contributed by atoms with van der Waals surface area (Å²) in [6.45, 7) is 1.85. The molecular weight excluding hydrogens is 164 g/mol. The Morgan fingerprint density at radius 2 is 2.15 bits per heavy atom. The van der Waals surface area contributed by atoms with E-state index in [0.29, 0.717) is 6.42 Å². The Labute approximate surface area is 76.7 Å². The summed E-state index contributed by atoms with van der Waals surface area (Å²) in [6.07, 6.45) is 0.429. The second kappa shape index (κ2) is 3.01. The molecule has 0 aliphatic carbocycles. The van der Waals surface area contributed by atoms with Gasteiger partial charge in [-0.1, -0.05) is 12.1 Å². The molecule has 65 valence electrons. The van der Waals surface area contributed by atoms with E-state index < -0.39 is 0 Å². The SMILES string of the molecule is CC1=NN(c2cc[c]cc2)C(=O)C1. The Hall–Kier alpha value is -1.64. The lowest BCUT2D eigenvalue weighted by Crippen LogP contribution is -2.19. The number of amides is 1. The van der Waals surface area contributed by atoms with Gasteiger partial charge in [0, 0.05) is 5.71 Å². The van der Waals surface area contributed by atoms with Crippen LogP contribution >= 0.6 is 0 Å². The Morgan fingerprint density at radius 3 is 2.69 bits per heavy atom. The second-order valence-electron chi connectivity index (χ2n) is 2.98. The molecule has 0 N–H and O–H groups in total. The minimum Gasteiger partial charge on any atom is -0.272 e. The van der Waals surface area contributed by atoms with Crippen LogP contribution < -0.4 is 5.01 Å². The van der Waals surface area contributed by atoms with Crippen molar-refractivity contribution in [2.24, 2.45) is 5.10 Å². The van der Waals surface area contributed by atoms with E-state index >= 15 is 0 Å². The summed E-state index contributed by atoms with van der Waals surface area (Å²) in [4.78, 5) is 11.4. The normalized spacial score (nSPS) is 16.2. The predicted molar refractivity (Wildman–Crippen MR) is 50.5 cm³/mol. The zero-order chi connectivity index (χ0) is 9.26. The summed E-state index contributed by atoms with van der Waals surface area (Å²) in [7, 11) is 0. The smallest absolute Gasteiger partial charge is 0.253 e. The molecule has 1 amide bonds. The largest absolute Gasteiger partial charge is 0.272 e. The molecule has 0 spiro atoms. The molecule has 0 saturated carbocycles. The van der Waals surface area contributed by atoms with Crippen molar-refractivity contribution in [3.63, 3.8) is 0 Å². The first kappa shape index (κ1) is 7.98. The van der Waals surface area contributed by atoms with Crippen molar-refractivity contribution in [2.45, 2.75) is 13.3 Å². The van der Waals surface area contributed by atoms with Crippen LogP contribution in [0.2, 0.25) is 0 Å². The summed E-state index contributed by atoms with van der Waals surface area (Å²) in [5.74, 6) is 0.0312. The third-order valence-electron chi connectivity index (χ3n) is 1.86. The highest BCUT2D eigenvalue weighted by Gasteiger charge is 2.21. The highest BCUT2D eigenvalue weighted by Crippen LogP contribution is 2.19. The topological polar surface area (TPSA) is 32.7 Å². The molecule has 0 aromatic heterocycles. The number of carbonyl (C=O) groups excluding carboxylic acids is 1. The zero-order valence-corrected chi connectivity index (χ0v) is 7.32. The molecule has 1 radical (unpaired) electrons. The Morgan fingerprint density at radius 1 is 1.46 bits per heavy atom. The average Bonchev–Trinajstić information content (AvgIpc) is 2.47. The summed E-state index contributed by atoms with van der Waals surface area (Å²) >= 11 is 0. The van der Waals surface area contributed by atoms with Crippen molar-refractivity contribution in [3.05, 3.63) is 30.3 Å². The zero-order valence-electron chi connectivity index (χ0n) is 7.32. The monoisotopic (exact) mass is 173 g/mol. The molecule has 0 fully saturated rings. The summed E-state index contributed by atoms with van der Waals surface area (Å²) in [6, 6.07) is 10.1. The van der Waals surface area contributed by atoms with Gasteiger partial charge < -0.3 is 0 Å². The molecule has 3 heteroatoms. The van der Waals surface area contributed by atoms with Gasteiger partial charge in [-0.3, -0.25) is 4.79 Å². The molecule has 1 aliphatic rings. The first-order valence-electron chi connectivity index (χ1n) is 4.10. The number of anilines is 1. The van der Waals surface area contributed by atoms with Crippen LogP contribution in [0.1, 0.15) is 13.3 Å². The van der Waals surface area contributed by atoms with E-state index in [0.717, 1.165) is 11.4 Å². The van der Waals surface area contributed by atoms with Crippen LogP contribution in [0, 0.1) is 6.07 Å². The Balaban J connectivity index is 2.33. The van der Waals surface area contributed by atoms with Crippen molar-refractivity contribution in [1.82, 2.24) is 0 Å². The first-order valence-corrected chi connectivity index (χ1v) is 4.10. The van der Waals surface area contributed by atoms with Crippen molar-refractivity contribution in [3.8, 4) is 0 Å². The molecule has 0 bridgehead atoms. The van der Waals surface area contributed by atoms with Crippen molar-refractivity contribution in [1.29, 1.82) is 0 Å². The fraction of sp³-hybridized carbons (Fsp3) is 0.200. The van der Waals surface area contributed by atoms with Gasteiger partial charge in [0.15, 0.2) is 0 Å². The number of benzene rings is 1. The predicted octanol–water partition coefficient (Wildman–Crippen LogP) is 1.60. The lowest BCUT2D eigenvalue weighted by atomic mass is 10.3. The number of rotatable bonds is 1. The molecular formula is C10H9N2O. The number of hydrogen-bond donors (Lipinski definition) is 0. The molecule has 2 rings (SSSR count). The van der Waals surface area contributed by atoms with E-state index in [4.69, 9.17) is 0 Å². The maximum atomic E-state index is 11.4. The van der Waals surface area contributed by atoms with Gasteiger partial charge in [-0.15, -0.1) is 0 Å². The lowest BCUT2D eigenvalue weighted by molar-refractivity contribution is -0.116. The van der Waals surface area contributed by atoms with E-state index in [9.17, 15) is 4.79 Å². The lowest BCUT2D eigenvalue weighted by Gasteiger charge is -2.10. The van der Waals surface area contributed by atoms with Gasteiger partial charge in [-0.2, -0.15) is 5.10 Å². The fourth-order valence-corrected chi connectivity index (χ4v) is 1.28. The number of carbonyl (C=O) groups is 1. The molecule has 0 unspecified atom stereocenters. The first-order chi connectivity index (χ1) is 6.27. The molecule has 0 atom stereocenters. The molecule has 1 aromatic carbocycles. The average molecular weight is 173 g/mol. The Bertz CT molecular complexity index is 356. The van der Waals surface area contributed by atoms with Crippen LogP contribution in [-0.2, 0) is 4.79 Å². The van der Waals surface area contributed by atoms with Gasteiger partial charge >= 0.3 is 0 Å². The summed E-state index contributed by atoms with van der Waals surface area (Å²) in [5, 5.41) is 5.56. The van der Waals surface area contributed by atoms with Crippen LogP contribution in [0.15, 0.2) is 29.4 Å². The van der Waals surface area contributed by atoms with Gasteiger partial charge in [0.25, 0.3) is 5.91 Å². The van der Waals surface area contributed by atoms with Crippen LogP contribution in [-0.4, -0.2) is 11.6 Å². The van der Waals surface area contributed by atoms with E-state index in [-0.39, 0.29) is 5.91 Å². The third-order valence-corrected chi connectivity index (χ3v) is 1.86. The number of hydrogen-bond acceptors (Lipinski definition) is 2. The van der Waals surface area contributed by atoms with Gasteiger partial charge in [0.2, 0.25) is 0 Å². The van der Waals surface area contributed by atoms with Crippen molar-refractivity contribution < 1.29 is 4.79 Å². The fourth-order valence-electron chi connectivity index (χ4n) is 1.28. The molecule has 1 heterocycles. The van der Waals surface area contributed by atoms with E-state index in [1.165, 1.54) is 5.01 Å². The van der Waals surface area contributed by atoms with Gasteiger partial charge in [-0.05, 0) is 25.1 Å². The van der Waals surface area contributed by atoms with Gasteiger partial charge in [0.1, 0.15) is 0 Å². The van der Waals surface area contributed by atoms with Crippen LogP contribution in [0.4, 0.5) is 5.69 Å². The third kappa shape index (κ3) is 1.45. The Kier molecular flexibility index (Phi) is 1.85. The molecule has 1 aromatic rings. The summed E-state index contributed by atoms with van der Waals surface area (Å²) in [5.41, 5.74) is 1.67. The van der Waals surface area contributed by atoms with Gasteiger partial charge in [-0.25, -0.2) is 5.01 Å². The highest BCUT2D eigenvalue weighted by molar-refractivity contribution is 6.12. The second-order valence-corrected chi connectivity index (χ2v) is 2.98. The van der Waals surface area contributed by atoms with Gasteiger partial charge in [0.05, 0.1) is 12.1 Å². The van der Waals surface area contributed by atoms with E-state index in [1.807, 2.05) is 19.1 Å². The number of nitrogens with zero attached hydrogens (tertiary/aromatic N) is 2. The van der Waals surface area contributed by atoms with Crippen molar-refractivity contribution in [2.75, 3.05) is 5.01 Å². The van der Waals surface area contributed by atoms with Crippen LogP contribution in [0.3, 0.4) is 0 Å². The van der Waals surface area contributed by atoms with Crippen LogP contribution in [0.5, 0.6) is 0 Å². The molecule has 1 aliphatic heterocycles. The standard InChI is InChI=1S/C10H9N2O/c1-8-7-10(13)12(11-8)9-5-3-2-4-6-9/h3-6H,7H2,1H3. The number of hydrazone groups is 1. The molecule has 0 saturated heterocycles. The minimum absolute atomic E-state index is 0.0312. The molecule has 3 nitrogen and oxygen atoms in total. The quantitative estimate of drug-likeness (QED) is 0.634. The van der Waals surface area contributed by atoms with E-state index in [1.54, 1.807) is 12.1 Å². The van der Waals surface area contributed by atoms with Crippen molar-refractivity contribution >= 4 is 17.3 Å². The van der Waals surface area contributed by atoms with Crippen LogP contribution in [0.25, 0.3) is 0 Å². The molecule has 13 heavy (non-hydrogen) atoms. The highest BCUT2D eigenvalue weighted by atomic mass is 16.2. The summed E-state index contributed by atoms with van der Waals surface area (Å²) < 4.78 is 0. The van der Waals surface area contributed by atoms with E-state index in [2.05, 4.69) is 11.2 Å². The maximum Gasteiger partial charge on any atom is 0.253 e. The maximum absolute atomic E-state index is 11.4. The minimum atomic E-state index is 0.0312.